The molecule has 28 heavy (non-hydrogen) atoms. The standard InChI is InChI=1S/C19H30BrN5O3/c1-19(2,3)28-18(27)23(4)7-8-24-9-11-25(12-10-24)14-17(26)22-16-13-15(20)5-6-21-16/h5-6,13H,7-12,14H2,1-4H3,(H,21,22,26). The van der Waals surface area contributed by atoms with Crippen LogP contribution in [0.2, 0.25) is 0 Å². The number of amides is 2. The lowest BCUT2D eigenvalue weighted by molar-refractivity contribution is -0.117. The van der Waals surface area contributed by atoms with Gasteiger partial charge in [0.15, 0.2) is 0 Å². The first-order valence-corrected chi connectivity index (χ1v) is 10.2. The second-order valence-electron chi connectivity index (χ2n) is 7.93. The van der Waals surface area contributed by atoms with E-state index in [1.54, 1.807) is 24.2 Å². The third-order valence-electron chi connectivity index (χ3n) is 4.28. The second-order valence-corrected chi connectivity index (χ2v) is 8.84. The highest BCUT2D eigenvalue weighted by Crippen LogP contribution is 2.13. The van der Waals surface area contributed by atoms with Gasteiger partial charge in [-0.3, -0.25) is 14.6 Å². The van der Waals surface area contributed by atoms with Crippen molar-refractivity contribution >= 4 is 33.7 Å². The molecule has 8 nitrogen and oxygen atoms in total. The van der Waals surface area contributed by atoms with Crippen molar-refractivity contribution in [2.24, 2.45) is 0 Å². The highest BCUT2D eigenvalue weighted by Gasteiger charge is 2.22. The maximum Gasteiger partial charge on any atom is 0.410 e. The zero-order valence-corrected chi connectivity index (χ0v) is 18.7. The molecule has 1 fully saturated rings. The zero-order valence-electron chi connectivity index (χ0n) is 17.1. The summed E-state index contributed by atoms with van der Waals surface area (Å²) in [7, 11) is 1.75. The number of likely N-dealkylation sites (N-methyl/N-ethyl adjacent to an activating group) is 1. The minimum Gasteiger partial charge on any atom is -0.444 e. The minimum absolute atomic E-state index is 0.0660. The van der Waals surface area contributed by atoms with E-state index in [9.17, 15) is 9.59 Å². The summed E-state index contributed by atoms with van der Waals surface area (Å²) in [6.07, 6.45) is 1.34. The van der Waals surface area contributed by atoms with E-state index in [0.29, 0.717) is 18.9 Å². The average molecular weight is 456 g/mol. The second kappa shape index (κ2) is 10.2. The van der Waals surface area contributed by atoms with E-state index < -0.39 is 5.60 Å². The Bertz CT molecular complexity index is 672. The molecule has 1 aliphatic heterocycles. The van der Waals surface area contributed by atoms with Crippen molar-refractivity contribution in [2.75, 3.05) is 58.2 Å². The number of ether oxygens (including phenoxy) is 1. The molecule has 1 aliphatic rings. The Labute approximate surface area is 175 Å². The lowest BCUT2D eigenvalue weighted by Crippen LogP contribution is -2.50. The molecule has 0 saturated carbocycles. The van der Waals surface area contributed by atoms with Gasteiger partial charge < -0.3 is 15.0 Å². The van der Waals surface area contributed by atoms with Gasteiger partial charge in [0.25, 0.3) is 0 Å². The Morgan fingerprint density at radius 1 is 1.25 bits per heavy atom. The average Bonchev–Trinajstić information content (AvgIpc) is 2.59. The first-order valence-electron chi connectivity index (χ1n) is 9.42. The fraction of sp³-hybridized carbons (Fsp3) is 0.632. The molecular formula is C19H30BrN5O3. The number of hydrogen-bond acceptors (Lipinski definition) is 6. The summed E-state index contributed by atoms with van der Waals surface area (Å²) in [6, 6.07) is 3.59. The lowest BCUT2D eigenvalue weighted by Gasteiger charge is -2.35. The van der Waals surface area contributed by atoms with Gasteiger partial charge in [-0.1, -0.05) is 15.9 Å². The summed E-state index contributed by atoms with van der Waals surface area (Å²) in [5.74, 6) is 0.479. The van der Waals surface area contributed by atoms with Crippen LogP contribution in [0.25, 0.3) is 0 Å². The zero-order chi connectivity index (χ0) is 20.7. The molecule has 0 atom stereocenters. The molecule has 1 N–H and O–H groups in total. The normalized spacial score (nSPS) is 15.9. The van der Waals surface area contributed by atoms with Gasteiger partial charge in [-0.2, -0.15) is 0 Å². The summed E-state index contributed by atoms with van der Waals surface area (Å²) in [4.78, 5) is 34.4. The van der Waals surface area contributed by atoms with Crippen LogP contribution in [0.3, 0.4) is 0 Å². The van der Waals surface area contributed by atoms with Crippen molar-refractivity contribution in [1.29, 1.82) is 0 Å². The fourth-order valence-corrected chi connectivity index (χ4v) is 3.09. The van der Waals surface area contributed by atoms with Crippen LogP contribution in [-0.2, 0) is 9.53 Å². The maximum absolute atomic E-state index is 12.2. The first-order chi connectivity index (χ1) is 13.1. The number of piperazine rings is 1. The van der Waals surface area contributed by atoms with Crippen molar-refractivity contribution in [1.82, 2.24) is 19.7 Å². The monoisotopic (exact) mass is 455 g/mol. The Hall–Kier alpha value is -1.71. The van der Waals surface area contributed by atoms with Crippen molar-refractivity contribution in [3.8, 4) is 0 Å². The van der Waals surface area contributed by atoms with E-state index in [0.717, 1.165) is 37.2 Å². The molecular weight excluding hydrogens is 426 g/mol. The van der Waals surface area contributed by atoms with Crippen LogP contribution in [-0.4, -0.2) is 90.1 Å². The number of anilines is 1. The number of halogens is 1. The molecule has 2 heterocycles. The number of aromatic nitrogens is 1. The molecule has 2 rings (SSSR count). The first kappa shape index (κ1) is 22.6. The summed E-state index contributed by atoms with van der Waals surface area (Å²) in [5.41, 5.74) is -0.483. The van der Waals surface area contributed by atoms with Gasteiger partial charge in [-0.05, 0) is 32.9 Å². The third kappa shape index (κ3) is 8.12. The van der Waals surface area contributed by atoms with E-state index in [-0.39, 0.29) is 12.0 Å². The van der Waals surface area contributed by atoms with Gasteiger partial charge in [0, 0.05) is 57.0 Å². The van der Waals surface area contributed by atoms with Crippen molar-refractivity contribution < 1.29 is 14.3 Å². The smallest absolute Gasteiger partial charge is 0.410 e. The number of rotatable bonds is 6. The number of carbonyl (C=O) groups is 2. The van der Waals surface area contributed by atoms with E-state index >= 15 is 0 Å². The molecule has 0 bridgehead atoms. The van der Waals surface area contributed by atoms with Crippen molar-refractivity contribution in [3.63, 3.8) is 0 Å². The molecule has 0 aliphatic carbocycles. The van der Waals surface area contributed by atoms with Gasteiger partial charge in [0.05, 0.1) is 6.54 Å². The van der Waals surface area contributed by atoms with Crippen LogP contribution in [0.4, 0.5) is 10.6 Å². The summed E-state index contributed by atoms with van der Waals surface area (Å²) < 4.78 is 6.24. The molecule has 2 amide bonds. The molecule has 0 radical (unpaired) electrons. The number of nitrogens with zero attached hydrogens (tertiary/aromatic N) is 4. The van der Waals surface area contributed by atoms with Crippen molar-refractivity contribution in [3.05, 3.63) is 22.8 Å². The predicted octanol–water partition coefficient (Wildman–Crippen LogP) is 2.27. The van der Waals surface area contributed by atoms with Gasteiger partial charge in [-0.15, -0.1) is 0 Å². The number of hydrogen-bond donors (Lipinski definition) is 1. The van der Waals surface area contributed by atoms with E-state index in [1.165, 1.54) is 0 Å². The van der Waals surface area contributed by atoms with E-state index in [4.69, 9.17) is 4.74 Å². The van der Waals surface area contributed by atoms with Gasteiger partial charge in [0.2, 0.25) is 5.91 Å². The van der Waals surface area contributed by atoms with Crippen molar-refractivity contribution in [2.45, 2.75) is 26.4 Å². The number of nitrogens with one attached hydrogen (secondary N) is 1. The largest absolute Gasteiger partial charge is 0.444 e. The van der Waals surface area contributed by atoms with Crippen LogP contribution in [0, 0.1) is 0 Å². The number of carbonyl (C=O) groups excluding carboxylic acids is 2. The lowest BCUT2D eigenvalue weighted by atomic mass is 10.2. The molecule has 1 aromatic heterocycles. The summed E-state index contributed by atoms with van der Waals surface area (Å²) in [6.45, 7) is 10.7. The van der Waals surface area contributed by atoms with E-state index in [2.05, 4.69) is 36.0 Å². The van der Waals surface area contributed by atoms with Gasteiger partial charge in [0.1, 0.15) is 11.4 Å². The summed E-state index contributed by atoms with van der Waals surface area (Å²) >= 11 is 3.37. The van der Waals surface area contributed by atoms with Crippen LogP contribution >= 0.6 is 15.9 Å². The molecule has 0 unspecified atom stereocenters. The highest BCUT2D eigenvalue weighted by atomic mass is 79.9. The number of pyridine rings is 1. The molecule has 9 heteroatoms. The fourth-order valence-electron chi connectivity index (χ4n) is 2.75. The van der Waals surface area contributed by atoms with Crippen LogP contribution in [0.15, 0.2) is 22.8 Å². The predicted molar refractivity (Wildman–Crippen MR) is 112 cm³/mol. The molecule has 1 aromatic rings. The van der Waals surface area contributed by atoms with E-state index in [1.807, 2.05) is 26.8 Å². The molecule has 1 saturated heterocycles. The Balaban J connectivity index is 1.67. The minimum atomic E-state index is -0.483. The molecule has 0 aromatic carbocycles. The quantitative estimate of drug-likeness (QED) is 0.708. The van der Waals surface area contributed by atoms with Crippen LogP contribution in [0.1, 0.15) is 20.8 Å². The SMILES string of the molecule is CN(CCN1CCN(CC(=O)Nc2cc(Br)ccn2)CC1)C(=O)OC(C)(C)C. The van der Waals surface area contributed by atoms with Crippen LogP contribution < -0.4 is 5.32 Å². The van der Waals surface area contributed by atoms with Gasteiger partial charge >= 0.3 is 6.09 Å². The molecule has 0 spiro atoms. The Kier molecular flexibility index (Phi) is 8.21. The van der Waals surface area contributed by atoms with Gasteiger partial charge in [-0.25, -0.2) is 9.78 Å². The maximum atomic E-state index is 12.2. The third-order valence-corrected chi connectivity index (χ3v) is 4.77. The Morgan fingerprint density at radius 3 is 2.50 bits per heavy atom. The molecule has 156 valence electrons. The Morgan fingerprint density at radius 2 is 1.89 bits per heavy atom. The topological polar surface area (TPSA) is 78.0 Å². The van der Waals surface area contributed by atoms with Crippen LogP contribution in [0.5, 0.6) is 0 Å². The summed E-state index contributed by atoms with van der Waals surface area (Å²) in [5, 5.41) is 2.82. The highest BCUT2D eigenvalue weighted by molar-refractivity contribution is 9.10.